The lowest BCUT2D eigenvalue weighted by molar-refractivity contribution is -0.192. The van der Waals surface area contributed by atoms with Crippen LogP contribution in [0, 0.1) is 0 Å². The second kappa shape index (κ2) is 26.2. The van der Waals surface area contributed by atoms with Crippen LogP contribution in [0.4, 0.5) is 44.3 Å². The van der Waals surface area contributed by atoms with Crippen LogP contribution in [0.25, 0.3) is 21.8 Å². The molecule has 20 nitrogen and oxygen atoms in total. The van der Waals surface area contributed by atoms with Crippen LogP contribution >= 0.6 is 22.7 Å². The Morgan fingerprint density at radius 2 is 1.01 bits per heavy atom. The molecule has 5 amide bonds. The van der Waals surface area contributed by atoms with Gasteiger partial charge in [0, 0.05) is 53.8 Å². The molecule has 4 heterocycles. The highest BCUT2D eigenvalue weighted by atomic mass is 32.1. The van der Waals surface area contributed by atoms with Crippen molar-refractivity contribution in [2.45, 2.75) is 70.1 Å². The third-order valence-corrected chi connectivity index (χ3v) is 12.4. The van der Waals surface area contributed by atoms with Gasteiger partial charge in [0.25, 0.3) is 23.6 Å². The van der Waals surface area contributed by atoms with Crippen molar-refractivity contribution in [2.24, 2.45) is 5.73 Å². The molecular formula is C47H47F9N8O12S2. The summed E-state index contributed by atoms with van der Waals surface area (Å²) < 4.78 is 128. The number of nitrogens with two attached hydrogens (primary N) is 1. The summed E-state index contributed by atoms with van der Waals surface area (Å²) >= 11 is 0.694. The van der Waals surface area contributed by atoms with E-state index >= 15 is 0 Å². The molecule has 2 atom stereocenters. The van der Waals surface area contributed by atoms with E-state index in [1.54, 1.807) is 57.4 Å². The number of nitrogens with one attached hydrogen (secondary N) is 7. The molecule has 0 bridgehead atoms. The van der Waals surface area contributed by atoms with Gasteiger partial charge in [0.2, 0.25) is 0 Å². The van der Waals surface area contributed by atoms with E-state index in [1.807, 2.05) is 24.3 Å². The number of aromatic nitrogens is 2. The van der Waals surface area contributed by atoms with Crippen LogP contribution in [0.1, 0.15) is 81.7 Å². The zero-order valence-corrected chi connectivity index (χ0v) is 42.8. The van der Waals surface area contributed by atoms with Crippen LogP contribution in [0.2, 0.25) is 0 Å². The van der Waals surface area contributed by atoms with Gasteiger partial charge in [-0.2, -0.15) is 39.5 Å². The average molecular weight is 1150 g/mol. The first-order valence-corrected chi connectivity index (χ1v) is 23.8. The molecule has 0 saturated carbocycles. The Labute approximate surface area is 442 Å². The van der Waals surface area contributed by atoms with Crippen molar-refractivity contribution in [3.8, 4) is 0 Å². The minimum absolute atomic E-state index is 0.0373. The zero-order valence-electron chi connectivity index (χ0n) is 41.1. The van der Waals surface area contributed by atoms with Gasteiger partial charge < -0.3 is 61.6 Å². The average Bonchev–Trinajstić information content (AvgIpc) is 4.23. The molecule has 0 unspecified atom stereocenters. The lowest BCUT2D eigenvalue weighted by Crippen LogP contribution is -2.49. The number of methoxy groups -OCH3 is 2. The monoisotopic (exact) mass is 1150 g/mol. The Balaban J connectivity index is 0.000000304. The van der Waals surface area contributed by atoms with E-state index < -0.39 is 111 Å². The summed E-state index contributed by atoms with van der Waals surface area (Å²) in [6.07, 6.45) is -12.4. The van der Waals surface area contributed by atoms with Gasteiger partial charge in [-0.25, -0.2) is 19.2 Å². The summed E-state index contributed by atoms with van der Waals surface area (Å²) in [6, 6.07) is 12.8. The van der Waals surface area contributed by atoms with Crippen molar-refractivity contribution in [3.05, 3.63) is 115 Å². The molecule has 0 aliphatic rings. The number of carbonyl (C=O) groups is 8. The van der Waals surface area contributed by atoms with Crippen LogP contribution < -0.4 is 32.3 Å². The molecule has 0 saturated heterocycles. The number of carbonyl (C=O) groups excluding carboxylic acids is 7. The Morgan fingerprint density at radius 3 is 1.37 bits per heavy atom. The van der Waals surface area contributed by atoms with Crippen molar-refractivity contribution < 1.29 is 97.2 Å². The van der Waals surface area contributed by atoms with E-state index in [1.165, 1.54) is 0 Å². The van der Waals surface area contributed by atoms with Crippen LogP contribution in [0.5, 0.6) is 0 Å². The Bertz CT molecular complexity index is 3140. The SMILES string of the molecule is COC(=O)[C@H](CN)NC(=O)c1sc(C(=O)NCc2cccc3[nH]ccc23)cc1C(F)(F)F.COC(=O)[C@H](CNC(=O)OC(C)(C)C)NC(=O)c1sc(C(=O)NCc2cccc3[nH]ccc23)cc1C(F)(F)F.O=C(O)C(F)(F)F. The number of aromatic amines is 2. The van der Waals surface area contributed by atoms with Crippen LogP contribution in [-0.2, 0) is 54.0 Å². The van der Waals surface area contributed by atoms with E-state index in [2.05, 4.69) is 46.0 Å². The number of thiophene rings is 2. The minimum Gasteiger partial charge on any atom is -0.475 e. The highest BCUT2D eigenvalue weighted by molar-refractivity contribution is 7.16. The van der Waals surface area contributed by atoms with Gasteiger partial charge in [-0.1, -0.05) is 24.3 Å². The van der Waals surface area contributed by atoms with Crippen molar-refractivity contribution in [3.63, 3.8) is 0 Å². The fourth-order valence-corrected chi connectivity index (χ4v) is 8.53. The molecule has 422 valence electrons. The van der Waals surface area contributed by atoms with Gasteiger partial charge >= 0.3 is 42.5 Å². The fourth-order valence-electron chi connectivity index (χ4n) is 6.54. The number of alkyl halides is 9. The summed E-state index contributed by atoms with van der Waals surface area (Å²) in [5, 5.41) is 20.5. The Hall–Kier alpha value is -8.19. The van der Waals surface area contributed by atoms with E-state index in [9.17, 15) is 73.1 Å². The van der Waals surface area contributed by atoms with Gasteiger partial charge in [0.1, 0.15) is 27.4 Å². The molecule has 6 aromatic rings. The molecule has 2 aromatic carbocycles. The van der Waals surface area contributed by atoms with E-state index in [4.69, 9.17) is 20.4 Å². The number of H-pyrrole nitrogens is 2. The third-order valence-electron chi connectivity index (χ3n) is 10.1. The number of hydrogen-bond acceptors (Lipinski definition) is 14. The number of benzene rings is 2. The van der Waals surface area contributed by atoms with Crippen LogP contribution in [0.15, 0.2) is 73.1 Å². The minimum atomic E-state index is -5.08. The summed E-state index contributed by atoms with van der Waals surface area (Å²) in [4.78, 5) is 99.0. The van der Waals surface area contributed by atoms with Crippen molar-refractivity contribution in [1.29, 1.82) is 0 Å². The van der Waals surface area contributed by atoms with Crippen LogP contribution in [-0.4, -0.2) is 114 Å². The van der Waals surface area contributed by atoms with Gasteiger partial charge in [-0.05, 0) is 68.3 Å². The quantitative estimate of drug-likeness (QED) is 0.0284. The van der Waals surface area contributed by atoms with Crippen molar-refractivity contribution in [1.82, 2.24) is 36.6 Å². The molecule has 0 fully saturated rings. The first-order chi connectivity index (χ1) is 36.3. The molecule has 4 aromatic heterocycles. The zero-order chi connectivity index (χ0) is 58.5. The number of carboxylic acid groups (broad SMARTS) is 1. The maximum atomic E-state index is 13.8. The second-order valence-corrected chi connectivity index (χ2v) is 18.9. The summed E-state index contributed by atoms with van der Waals surface area (Å²) in [5.74, 6) is -8.70. The van der Waals surface area contributed by atoms with Crippen molar-refractivity contribution >= 4 is 92.1 Å². The van der Waals surface area contributed by atoms with Gasteiger partial charge in [-0.15, -0.1) is 22.7 Å². The molecule has 78 heavy (non-hydrogen) atoms. The first kappa shape index (κ1) is 62.4. The number of amides is 5. The Kier molecular flexibility index (Phi) is 21.0. The predicted molar refractivity (Wildman–Crippen MR) is 261 cm³/mol. The lowest BCUT2D eigenvalue weighted by atomic mass is 10.1. The highest BCUT2D eigenvalue weighted by Gasteiger charge is 2.41. The normalized spacial score (nSPS) is 12.3. The van der Waals surface area contributed by atoms with E-state index in [0.717, 1.165) is 47.2 Å². The first-order valence-electron chi connectivity index (χ1n) is 22.1. The summed E-state index contributed by atoms with van der Waals surface area (Å²) in [6.45, 7) is 4.05. The highest BCUT2D eigenvalue weighted by Crippen LogP contribution is 2.38. The predicted octanol–water partition coefficient (Wildman–Crippen LogP) is 7.02. The lowest BCUT2D eigenvalue weighted by Gasteiger charge is -2.21. The summed E-state index contributed by atoms with van der Waals surface area (Å²) in [5.41, 5.74) is 5.10. The number of rotatable bonds is 15. The molecule has 0 radical (unpaired) electrons. The van der Waals surface area contributed by atoms with Gasteiger partial charge in [0.05, 0.1) is 41.6 Å². The number of halogens is 9. The third kappa shape index (κ3) is 17.4. The number of aliphatic carboxylic acids is 1. The molecule has 6 rings (SSSR count). The molecule has 0 aliphatic heterocycles. The van der Waals surface area contributed by atoms with E-state index in [0.29, 0.717) is 34.8 Å². The fraction of sp³-hybridized carbons (Fsp3) is 0.319. The number of carboxylic acids is 1. The second-order valence-electron chi connectivity index (χ2n) is 16.8. The summed E-state index contributed by atoms with van der Waals surface area (Å²) in [7, 11) is 2.07. The molecule has 0 spiro atoms. The maximum Gasteiger partial charge on any atom is 0.490 e. The number of ether oxygens (including phenoxy) is 3. The molecule has 31 heteroatoms. The maximum absolute atomic E-state index is 13.8. The van der Waals surface area contributed by atoms with Crippen LogP contribution in [0.3, 0.4) is 0 Å². The number of alkyl carbamates (subject to hydrolysis) is 1. The standard InChI is InChI=1S/C25H27F3N4O6S.C20H19F3N4O4S.C2HF3O2/c1-24(2,3)38-23(36)31-12-17(22(35)37-4)32-21(34)19-15(25(26,27)28)10-18(39-19)20(33)30-11-13-6-5-7-16-14(13)8-9-29-16;1-31-19(30)14(8-24)27-18(29)16-12(20(21,22)23)7-15(32-16)17(28)26-9-10-3-2-4-13-11(10)5-6-25-13;3-2(4,5)1(6)7/h5-10,17,29H,11-12H2,1-4H3,(H,30,33)(H,31,36)(H,32,34);2-7,14,25H,8-9,24H2,1H3,(H,26,28)(H,27,29);(H,6,7)/t17-;14-;/m00./s1. The largest absolute Gasteiger partial charge is 0.490 e. The van der Waals surface area contributed by atoms with Gasteiger partial charge in [-0.3, -0.25) is 19.2 Å². The number of esters is 2. The van der Waals surface area contributed by atoms with E-state index in [-0.39, 0.29) is 29.4 Å². The topological polar surface area (TPSA) is 302 Å². The van der Waals surface area contributed by atoms with Crippen molar-refractivity contribution in [2.75, 3.05) is 27.3 Å². The molecule has 10 N–H and O–H groups in total. The molecular weight excluding hydrogens is 1100 g/mol. The smallest absolute Gasteiger partial charge is 0.475 e. The number of fused-ring (bicyclic) bond motifs is 2. The molecule has 0 aliphatic carbocycles. The Morgan fingerprint density at radius 1 is 0.615 bits per heavy atom. The number of hydrogen-bond donors (Lipinski definition) is 9. The van der Waals surface area contributed by atoms with Gasteiger partial charge in [0.15, 0.2) is 0 Å².